The summed E-state index contributed by atoms with van der Waals surface area (Å²) in [5, 5.41) is 2.96. The third-order valence-corrected chi connectivity index (χ3v) is 2.89. The first-order chi connectivity index (χ1) is 9.40. The standard InChI is InChI=1S/C13H16N4O3/c1-7(2)5-15-11(18)8-4-9-10(14-6-8)17(3)13(20)16-12(9)19/h4,6-7H,5H2,1-3H3,(H,15,18)(H,16,19,20). The lowest BCUT2D eigenvalue weighted by molar-refractivity contribution is 0.0949. The number of aromatic amines is 1. The van der Waals surface area contributed by atoms with Crippen LogP contribution in [0.4, 0.5) is 0 Å². The van der Waals surface area contributed by atoms with Crippen molar-refractivity contribution >= 4 is 16.9 Å². The van der Waals surface area contributed by atoms with Crippen molar-refractivity contribution in [2.75, 3.05) is 6.54 Å². The molecule has 7 heteroatoms. The molecule has 106 valence electrons. The number of amides is 1. The number of fused-ring (bicyclic) bond motifs is 1. The zero-order valence-corrected chi connectivity index (χ0v) is 11.6. The first-order valence-corrected chi connectivity index (χ1v) is 6.27. The van der Waals surface area contributed by atoms with E-state index in [4.69, 9.17) is 0 Å². The number of H-pyrrole nitrogens is 1. The van der Waals surface area contributed by atoms with Gasteiger partial charge in [0.1, 0.15) is 5.65 Å². The smallest absolute Gasteiger partial charge is 0.329 e. The van der Waals surface area contributed by atoms with Gasteiger partial charge in [0.25, 0.3) is 11.5 Å². The number of nitrogens with zero attached hydrogens (tertiary/aromatic N) is 2. The van der Waals surface area contributed by atoms with E-state index >= 15 is 0 Å². The number of rotatable bonds is 3. The quantitative estimate of drug-likeness (QED) is 0.825. The second kappa shape index (κ2) is 5.28. The first kappa shape index (κ1) is 14.0. The van der Waals surface area contributed by atoms with Crippen molar-refractivity contribution in [3.05, 3.63) is 38.7 Å². The zero-order chi connectivity index (χ0) is 14.9. The van der Waals surface area contributed by atoms with E-state index in [0.29, 0.717) is 18.0 Å². The number of carbonyl (C=O) groups excluding carboxylic acids is 1. The Morgan fingerprint density at radius 3 is 2.80 bits per heavy atom. The van der Waals surface area contributed by atoms with Crippen LogP contribution in [0.25, 0.3) is 11.0 Å². The molecule has 0 aromatic carbocycles. The van der Waals surface area contributed by atoms with Crippen molar-refractivity contribution in [3.63, 3.8) is 0 Å². The first-order valence-electron chi connectivity index (χ1n) is 6.27. The summed E-state index contributed by atoms with van der Waals surface area (Å²) in [6, 6.07) is 1.44. The Hall–Kier alpha value is -2.44. The van der Waals surface area contributed by atoms with Crippen LogP contribution in [0.1, 0.15) is 24.2 Å². The molecule has 2 aromatic heterocycles. The van der Waals surface area contributed by atoms with E-state index in [0.717, 1.165) is 0 Å². The number of aryl methyl sites for hydroxylation is 1. The number of nitrogens with one attached hydrogen (secondary N) is 2. The van der Waals surface area contributed by atoms with Gasteiger partial charge in [0, 0.05) is 19.8 Å². The molecule has 0 aliphatic carbocycles. The molecule has 0 bridgehead atoms. The maximum atomic E-state index is 11.9. The van der Waals surface area contributed by atoms with Crippen LogP contribution < -0.4 is 16.6 Å². The Labute approximate surface area is 114 Å². The van der Waals surface area contributed by atoms with Crippen LogP contribution in [-0.4, -0.2) is 27.0 Å². The molecule has 0 saturated heterocycles. The number of pyridine rings is 1. The lowest BCUT2D eigenvalue weighted by Gasteiger charge is -2.08. The second-order valence-electron chi connectivity index (χ2n) is 5.02. The summed E-state index contributed by atoms with van der Waals surface area (Å²) in [5.74, 6) is 0.0398. The number of hydrogen-bond acceptors (Lipinski definition) is 4. The van der Waals surface area contributed by atoms with Crippen LogP contribution in [0.3, 0.4) is 0 Å². The zero-order valence-electron chi connectivity index (χ0n) is 11.6. The van der Waals surface area contributed by atoms with Crippen molar-refractivity contribution in [2.24, 2.45) is 13.0 Å². The van der Waals surface area contributed by atoms with Gasteiger partial charge in [0.15, 0.2) is 0 Å². The van der Waals surface area contributed by atoms with Gasteiger partial charge in [-0.25, -0.2) is 9.78 Å². The van der Waals surface area contributed by atoms with E-state index in [1.165, 1.54) is 23.9 Å². The summed E-state index contributed by atoms with van der Waals surface area (Å²) in [7, 11) is 1.51. The minimum absolute atomic E-state index is 0.212. The minimum Gasteiger partial charge on any atom is -0.352 e. The number of carbonyl (C=O) groups is 1. The van der Waals surface area contributed by atoms with Gasteiger partial charge >= 0.3 is 5.69 Å². The van der Waals surface area contributed by atoms with Gasteiger partial charge in [-0.1, -0.05) is 13.8 Å². The highest BCUT2D eigenvalue weighted by molar-refractivity contribution is 5.96. The topological polar surface area (TPSA) is 96.8 Å². The molecule has 20 heavy (non-hydrogen) atoms. The van der Waals surface area contributed by atoms with Crippen LogP contribution in [0.15, 0.2) is 21.9 Å². The van der Waals surface area contributed by atoms with Gasteiger partial charge < -0.3 is 5.32 Å². The summed E-state index contributed by atoms with van der Waals surface area (Å²) in [6.45, 7) is 4.51. The van der Waals surface area contributed by atoms with E-state index < -0.39 is 11.2 Å². The molecule has 0 aliphatic heterocycles. The van der Waals surface area contributed by atoms with Crippen molar-refractivity contribution in [3.8, 4) is 0 Å². The van der Waals surface area contributed by atoms with Gasteiger partial charge in [-0.15, -0.1) is 0 Å². The summed E-state index contributed by atoms with van der Waals surface area (Å²) in [5.41, 5.74) is -0.539. The fraction of sp³-hybridized carbons (Fsp3) is 0.385. The molecule has 0 saturated carbocycles. The molecule has 0 spiro atoms. The van der Waals surface area contributed by atoms with Crippen LogP contribution in [0.5, 0.6) is 0 Å². The van der Waals surface area contributed by atoms with Gasteiger partial charge in [0.2, 0.25) is 0 Å². The monoisotopic (exact) mass is 276 g/mol. The molecule has 2 rings (SSSR count). The summed E-state index contributed by atoms with van der Waals surface area (Å²) in [4.78, 5) is 41.3. The van der Waals surface area contributed by atoms with Gasteiger partial charge in [-0.05, 0) is 12.0 Å². The molecule has 2 N–H and O–H groups in total. The molecule has 0 unspecified atom stereocenters. The SMILES string of the molecule is CC(C)CNC(=O)c1cnc2c(c1)c(=O)[nH]c(=O)n2C. The lowest BCUT2D eigenvalue weighted by atomic mass is 10.2. The average molecular weight is 276 g/mol. The maximum absolute atomic E-state index is 11.9. The van der Waals surface area contributed by atoms with Crippen molar-refractivity contribution < 1.29 is 4.79 Å². The molecule has 0 aliphatic rings. The van der Waals surface area contributed by atoms with Gasteiger partial charge in [-0.2, -0.15) is 0 Å². The normalized spacial score (nSPS) is 11.0. The minimum atomic E-state index is -0.547. The molecular weight excluding hydrogens is 260 g/mol. The number of hydrogen-bond donors (Lipinski definition) is 2. The fourth-order valence-corrected chi connectivity index (χ4v) is 1.76. The molecule has 1 amide bonds. The Bertz CT molecular complexity index is 773. The van der Waals surface area contributed by atoms with E-state index in [-0.39, 0.29) is 16.9 Å². The van der Waals surface area contributed by atoms with Crippen LogP contribution in [0.2, 0.25) is 0 Å². The van der Waals surface area contributed by atoms with Crippen LogP contribution in [0, 0.1) is 5.92 Å². The van der Waals surface area contributed by atoms with Crippen LogP contribution in [-0.2, 0) is 7.05 Å². The van der Waals surface area contributed by atoms with E-state index in [1.807, 2.05) is 13.8 Å². The molecule has 7 nitrogen and oxygen atoms in total. The average Bonchev–Trinajstić information content (AvgIpc) is 2.41. The van der Waals surface area contributed by atoms with E-state index in [9.17, 15) is 14.4 Å². The fourth-order valence-electron chi connectivity index (χ4n) is 1.76. The van der Waals surface area contributed by atoms with Crippen molar-refractivity contribution in [1.29, 1.82) is 0 Å². The maximum Gasteiger partial charge on any atom is 0.329 e. The van der Waals surface area contributed by atoms with Gasteiger partial charge in [0.05, 0.1) is 10.9 Å². The molecule has 0 fully saturated rings. The van der Waals surface area contributed by atoms with Crippen molar-refractivity contribution in [1.82, 2.24) is 19.9 Å². The van der Waals surface area contributed by atoms with Crippen molar-refractivity contribution in [2.45, 2.75) is 13.8 Å². The molecular formula is C13H16N4O3. The Kier molecular flexibility index (Phi) is 3.69. The molecule has 2 aromatic rings. The summed E-state index contributed by atoms with van der Waals surface area (Å²) in [6.07, 6.45) is 1.36. The summed E-state index contributed by atoms with van der Waals surface area (Å²) < 4.78 is 1.23. The second-order valence-corrected chi connectivity index (χ2v) is 5.02. The lowest BCUT2D eigenvalue weighted by Crippen LogP contribution is -2.30. The highest BCUT2D eigenvalue weighted by Crippen LogP contribution is 2.07. The Morgan fingerprint density at radius 2 is 2.15 bits per heavy atom. The van der Waals surface area contributed by atoms with E-state index in [1.54, 1.807) is 0 Å². The van der Waals surface area contributed by atoms with Crippen LogP contribution >= 0.6 is 0 Å². The summed E-state index contributed by atoms with van der Waals surface area (Å²) >= 11 is 0. The number of aromatic nitrogens is 3. The molecule has 0 radical (unpaired) electrons. The largest absolute Gasteiger partial charge is 0.352 e. The Morgan fingerprint density at radius 1 is 1.45 bits per heavy atom. The molecule has 0 atom stereocenters. The van der Waals surface area contributed by atoms with Gasteiger partial charge in [-0.3, -0.25) is 19.1 Å². The Balaban J connectivity index is 2.47. The third kappa shape index (κ3) is 2.61. The predicted molar refractivity (Wildman–Crippen MR) is 74.8 cm³/mol. The molecule has 2 heterocycles. The van der Waals surface area contributed by atoms with E-state index in [2.05, 4.69) is 15.3 Å². The predicted octanol–water partition coefficient (Wildman–Crippen LogP) is 0.00760. The highest BCUT2D eigenvalue weighted by atomic mass is 16.2. The third-order valence-electron chi connectivity index (χ3n) is 2.89. The highest BCUT2D eigenvalue weighted by Gasteiger charge is 2.11.